The highest BCUT2D eigenvalue weighted by molar-refractivity contribution is 6.14. The first-order chi connectivity index (χ1) is 5.21. The summed E-state index contributed by atoms with van der Waals surface area (Å²) < 4.78 is 0. The molecule has 0 spiro atoms. The molecule has 0 heterocycles. The Morgan fingerprint density at radius 1 is 1.17 bits per heavy atom. The number of hydrogen-bond acceptors (Lipinski definition) is 0. The van der Waals surface area contributed by atoms with Gasteiger partial charge in [-0.1, -0.05) is 59.7 Å². The lowest BCUT2D eigenvalue weighted by Gasteiger charge is -2.37. The average molecular weight is 166 g/mol. The van der Waals surface area contributed by atoms with Crippen LogP contribution in [0.1, 0.15) is 54.4 Å². The van der Waals surface area contributed by atoms with Crippen molar-refractivity contribution in [2.75, 3.05) is 0 Å². The fraction of sp³-hybridized carbons (Fsp3) is 1.00. The van der Waals surface area contributed by atoms with Crippen LogP contribution in [0.5, 0.6) is 0 Å². The van der Waals surface area contributed by atoms with Gasteiger partial charge in [-0.15, -0.1) is 0 Å². The predicted molar refractivity (Wildman–Crippen MR) is 57.6 cm³/mol. The molecule has 70 valence electrons. The molecule has 0 aromatic rings. The van der Waals surface area contributed by atoms with E-state index >= 15 is 0 Å². The first-order valence-electron chi connectivity index (χ1n) is 5.00. The first-order valence-corrected chi connectivity index (χ1v) is 5.00. The second-order valence-electron chi connectivity index (χ2n) is 5.33. The van der Waals surface area contributed by atoms with Gasteiger partial charge < -0.3 is 0 Å². The summed E-state index contributed by atoms with van der Waals surface area (Å²) in [5, 5.41) is 0.00771. The minimum Gasteiger partial charge on any atom is -0.0686 e. The molecular weight excluding hydrogens is 143 g/mol. The Hall–Kier alpha value is 0.0649. The number of hydrogen-bond donors (Lipinski definition) is 0. The second-order valence-corrected chi connectivity index (χ2v) is 5.33. The van der Waals surface area contributed by atoms with Gasteiger partial charge in [0.05, 0.1) is 7.85 Å². The molecule has 0 fully saturated rings. The Balaban J connectivity index is 4.23. The molecule has 0 bridgehead atoms. The third-order valence-electron chi connectivity index (χ3n) is 3.23. The standard InChI is InChI=1S/C11H23B/c1-7-11(6,12)8-10(4,5)9(2)3/h9H,7-8H2,1-6H3. The zero-order chi connectivity index (χ0) is 9.99. The van der Waals surface area contributed by atoms with E-state index in [4.69, 9.17) is 7.85 Å². The summed E-state index contributed by atoms with van der Waals surface area (Å²) in [4.78, 5) is 0. The smallest absolute Gasteiger partial charge is 0.0686 e. The molecule has 12 heavy (non-hydrogen) atoms. The Morgan fingerprint density at radius 3 is 1.83 bits per heavy atom. The van der Waals surface area contributed by atoms with Crippen molar-refractivity contribution in [2.45, 2.75) is 59.7 Å². The zero-order valence-electron chi connectivity index (χ0n) is 9.57. The lowest BCUT2D eigenvalue weighted by Crippen LogP contribution is -2.25. The van der Waals surface area contributed by atoms with Crippen molar-refractivity contribution in [3.63, 3.8) is 0 Å². The largest absolute Gasteiger partial charge is 0.0742 e. The van der Waals surface area contributed by atoms with Crippen molar-refractivity contribution < 1.29 is 0 Å². The van der Waals surface area contributed by atoms with Gasteiger partial charge in [-0.25, -0.2) is 0 Å². The molecule has 1 unspecified atom stereocenters. The Labute approximate surface area is 79.5 Å². The molecule has 1 atom stereocenters. The van der Waals surface area contributed by atoms with Crippen LogP contribution in [-0.4, -0.2) is 7.85 Å². The molecule has 0 N–H and O–H groups in total. The molecule has 0 saturated carbocycles. The quantitative estimate of drug-likeness (QED) is 0.557. The minimum absolute atomic E-state index is 0.00771. The molecule has 0 aromatic heterocycles. The Morgan fingerprint density at radius 2 is 1.58 bits per heavy atom. The molecule has 0 amide bonds. The fourth-order valence-electron chi connectivity index (χ4n) is 1.37. The topological polar surface area (TPSA) is 0 Å². The van der Waals surface area contributed by atoms with Crippen LogP contribution in [0.3, 0.4) is 0 Å². The van der Waals surface area contributed by atoms with Crippen molar-refractivity contribution in [3.05, 3.63) is 0 Å². The van der Waals surface area contributed by atoms with Gasteiger partial charge in [0.2, 0.25) is 0 Å². The van der Waals surface area contributed by atoms with Crippen LogP contribution in [0.15, 0.2) is 0 Å². The molecule has 0 aliphatic heterocycles. The molecule has 0 rings (SSSR count). The summed E-state index contributed by atoms with van der Waals surface area (Å²) in [6.07, 6.45) is 2.16. The SMILES string of the molecule is [B]C(C)(CC)CC(C)(C)C(C)C. The molecular formula is C11H23B. The Kier molecular flexibility index (Phi) is 3.87. The van der Waals surface area contributed by atoms with Crippen molar-refractivity contribution in [1.82, 2.24) is 0 Å². The maximum atomic E-state index is 6.14. The minimum atomic E-state index is 0.00771. The summed E-state index contributed by atoms with van der Waals surface area (Å²) in [6, 6.07) is 0. The average Bonchev–Trinajstić information content (AvgIpc) is 1.85. The first kappa shape index (κ1) is 12.1. The van der Waals surface area contributed by atoms with Crippen molar-refractivity contribution in [3.8, 4) is 0 Å². The van der Waals surface area contributed by atoms with Crippen LogP contribution in [0.4, 0.5) is 0 Å². The van der Waals surface area contributed by atoms with E-state index in [1.54, 1.807) is 0 Å². The van der Waals surface area contributed by atoms with E-state index in [1.165, 1.54) is 0 Å². The van der Waals surface area contributed by atoms with Crippen LogP contribution in [0.25, 0.3) is 0 Å². The van der Waals surface area contributed by atoms with Gasteiger partial charge >= 0.3 is 0 Å². The molecule has 0 saturated heterocycles. The van der Waals surface area contributed by atoms with Crippen LogP contribution in [0, 0.1) is 11.3 Å². The van der Waals surface area contributed by atoms with Gasteiger partial charge in [-0.2, -0.15) is 0 Å². The van der Waals surface area contributed by atoms with E-state index < -0.39 is 0 Å². The van der Waals surface area contributed by atoms with E-state index in [0.29, 0.717) is 11.3 Å². The predicted octanol–water partition coefficient (Wildman–Crippen LogP) is 3.82. The highest BCUT2D eigenvalue weighted by Gasteiger charge is 2.29. The summed E-state index contributed by atoms with van der Waals surface area (Å²) in [5.74, 6) is 0.701. The van der Waals surface area contributed by atoms with E-state index in [0.717, 1.165) is 12.8 Å². The van der Waals surface area contributed by atoms with E-state index in [1.807, 2.05) is 0 Å². The maximum absolute atomic E-state index is 6.14. The summed E-state index contributed by atoms with van der Waals surface area (Å²) in [5.41, 5.74) is 0.361. The van der Waals surface area contributed by atoms with Gasteiger partial charge in [0, 0.05) is 0 Å². The summed E-state index contributed by atoms with van der Waals surface area (Å²) in [6.45, 7) is 13.5. The monoisotopic (exact) mass is 166 g/mol. The van der Waals surface area contributed by atoms with E-state index in [-0.39, 0.29) is 5.31 Å². The normalized spacial score (nSPS) is 17.9. The van der Waals surface area contributed by atoms with Crippen LogP contribution in [0.2, 0.25) is 5.31 Å². The van der Waals surface area contributed by atoms with Crippen LogP contribution in [-0.2, 0) is 0 Å². The highest BCUT2D eigenvalue weighted by atomic mass is 14.3. The van der Waals surface area contributed by atoms with Gasteiger partial charge in [0.1, 0.15) is 0 Å². The summed E-state index contributed by atoms with van der Waals surface area (Å²) >= 11 is 0. The van der Waals surface area contributed by atoms with Crippen LogP contribution >= 0.6 is 0 Å². The van der Waals surface area contributed by atoms with E-state index in [9.17, 15) is 0 Å². The van der Waals surface area contributed by atoms with Gasteiger partial charge in [0.25, 0.3) is 0 Å². The van der Waals surface area contributed by atoms with Crippen molar-refractivity contribution in [2.24, 2.45) is 11.3 Å². The third-order valence-corrected chi connectivity index (χ3v) is 3.23. The highest BCUT2D eigenvalue weighted by Crippen LogP contribution is 2.43. The van der Waals surface area contributed by atoms with Gasteiger partial charge in [-0.05, 0) is 11.3 Å². The van der Waals surface area contributed by atoms with Gasteiger partial charge in [-0.3, -0.25) is 0 Å². The molecule has 0 nitrogen and oxygen atoms in total. The molecule has 0 aliphatic rings. The Bertz CT molecular complexity index is 134. The van der Waals surface area contributed by atoms with Crippen molar-refractivity contribution in [1.29, 1.82) is 0 Å². The second kappa shape index (κ2) is 3.85. The van der Waals surface area contributed by atoms with E-state index in [2.05, 4.69) is 41.5 Å². The lowest BCUT2D eigenvalue weighted by atomic mass is 9.58. The summed E-state index contributed by atoms with van der Waals surface area (Å²) in [7, 11) is 6.14. The maximum Gasteiger partial charge on any atom is 0.0742 e. The van der Waals surface area contributed by atoms with Crippen molar-refractivity contribution >= 4 is 7.85 Å². The zero-order valence-corrected chi connectivity index (χ0v) is 9.57. The molecule has 0 aromatic carbocycles. The number of rotatable bonds is 4. The molecule has 1 heteroatoms. The lowest BCUT2D eigenvalue weighted by molar-refractivity contribution is 0.198. The van der Waals surface area contributed by atoms with Crippen LogP contribution < -0.4 is 0 Å². The molecule has 0 aliphatic carbocycles. The molecule has 2 radical (unpaired) electrons. The van der Waals surface area contributed by atoms with Gasteiger partial charge in [0.15, 0.2) is 0 Å². The third kappa shape index (κ3) is 3.64. The fourth-order valence-corrected chi connectivity index (χ4v) is 1.37.